The van der Waals surface area contributed by atoms with Crippen LogP contribution in [0.15, 0.2) is 23.2 Å². The number of anilines is 2. The molecule has 0 unspecified atom stereocenters. The Morgan fingerprint density at radius 3 is 2.67 bits per heavy atom. The number of nitrogens with two attached hydrogens (primary N) is 2. The van der Waals surface area contributed by atoms with Crippen molar-refractivity contribution in [3.63, 3.8) is 0 Å². The second-order valence-electron chi connectivity index (χ2n) is 4.76. The van der Waals surface area contributed by atoms with E-state index in [-0.39, 0.29) is 16.9 Å². The van der Waals surface area contributed by atoms with E-state index in [1.807, 2.05) is 5.32 Å². The maximum atomic E-state index is 14.2. The van der Waals surface area contributed by atoms with Gasteiger partial charge in [-0.15, -0.1) is 0 Å². The number of benzene rings is 1. The van der Waals surface area contributed by atoms with Crippen molar-refractivity contribution < 1.29 is 23.4 Å². The maximum Gasteiger partial charge on any atom is 0.412 e. The Labute approximate surface area is 118 Å². The molecule has 0 saturated carbocycles. The van der Waals surface area contributed by atoms with Crippen molar-refractivity contribution >= 4 is 23.5 Å². The van der Waals surface area contributed by atoms with Gasteiger partial charge in [-0.2, -0.15) is 8.78 Å². The lowest BCUT2D eigenvalue weighted by Gasteiger charge is -2.38. The van der Waals surface area contributed by atoms with E-state index < -0.39 is 30.2 Å². The van der Waals surface area contributed by atoms with Crippen molar-refractivity contribution in [3.8, 4) is 0 Å². The highest BCUT2D eigenvalue weighted by molar-refractivity contribution is 5.90. The molecule has 1 aliphatic rings. The predicted molar refractivity (Wildman–Crippen MR) is 72.1 cm³/mol. The van der Waals surface area contributed by atoms with Gasteiger partial charge >= 0.3 is 12.0 Å². The number of amidine groups is 1. The molecule has 21 heavy (non-hydrogen) atoms. The third-order valence-electron chi connectivity index (χ3n) is 3.29. The van der Waals surface area contributed by atoms with Gasteiger partial charge in [0.15, 0.2) is 12.1 Å². The molecule has 0 bridgehead atoms. The highest BCUT2D eigenvalue weighted by Crippen LogP contribution is 2.44. The van der Waals surface area contributed by atoms with Crippen LogP contribution in [0.3, 0.4) is 0 Å². The molecule has 1 amide bonds. The van der Waals surface area contributed by atoms with Gasteiger partial charge in [-0.3, -0.25) is 0 Å². The number of nitrogen functional groups attached to an aromatic ring is 2. The molecule has 1 aromatic carbocycles. The molecular formula is C12H14F2N4O3. The number of rotatable bonds is 1. The molecule has 7 nitrogen and oxygen atoms in total. The van der Waals surface area contributed by atoms with E-state index in [2.05, 4.69) is 9.73 Å². The Hall–Kier alpha value is -2.58. The Bertz CT molecular complexity index is 621. The lowest BCUT2D eigenvalue weighted by Crippen LogP contribution is -2.52. The highest BCUT2D eigenvalue weighted by atomic mass is 19.3. The highest BCUT2D eigenvalue weighted by Gasteiger charge is 2.55. The van der Waals surface area contributed by atoms with E-state index in [1.54, 1.807) is 0 Å². The minimum absolute atomic E-state index is 0.104. The zero-order chi connectivity index (χ0) is 15.8. The fourth-order valence-corrected chi connectivity index (χ4v) is 1.93. The van der Waals surface area contributed by atoms with Gasteiger partial charge in [0.2, 0.25) is 0 Å². The van der Waals surface area contributed by atoms with Crippen LogP contribution >= 0.6 is 0 Å². The number of carbonyl (C=O) groups is 1. The SMILES string of the molecule is C[C@]1(c2ccc(N)c(N)c2)N=C(NC(=O)O)OCC1(F)F. The molecule has 0 radical (unpaired) electrons. The van der Waals surface area contributed by atoms with Gasteiger partial charge in [-0.1, -0.05) is 6.07 Å². The van der Waals surface area contributed by atoms with E-state index in [1.165, 1.54) is 25.1 Å². The lowest BCUT2D eigenvalue weighted by molar-refractivity contribution is -0.117. The number of nitrogens with one attached hydrogen (secondary N) is 1. The number of hydrogen-bond donors (Lipinski definition) is 4. The van der Waals surface area contributed by atoms with E-state index in [9.17, 15) is 13.6 Å². The molecule has 0 fully saturated rings. The zero-order valence-corrected chi connectivity index (χ0v) is 11.1. The van der Waals surface area contributed by atoms with Crippen LogP contribution in [0.4, 0.5) is 25.0 Å². The fourth-order valence-electron chi connectivity index (χ4n) is 1.93. The smallest absolute Gasteiger partial charge is 0.412 e. The Kier molecular flexibility index (Phi) is 3.36. The predicted octanol–water partition coefficient (Wildman–Crippen LogP) is 1.36. The summed E-state index contributed by atoms with van der Waals surface area (Å²) in [6.07, 6.45) is -1.46. The van der Waals surface area contributed by atoms with E-state index >= 15 is 0 Å². The number of alkyl halides is 2. The van der Waals surface area contributed by atoms with Crippen LogP contribution in [0.25, 0.3) is 0 Å². The Morgan fingerprint density at radius 2 is 2.10 bits per heavy atom. The molecule has 9 heteroatoms. The van der Waals surface area contributed by atoms with Crippen LogP contribution in [0.5, 0.6) is 0 Å². The Balaban J connectivity index is 2.52. The molecule has 6 N–H and O–H groups in total. The number of halogens is 2. The number of ether oxygens (including phenoxy) is 1. The molecule has 0 aromatic heterocycles. The summed E-state index contributed by atoms with van der Waals surface area (Å²) in [6, 6.07) is 3.55. The summed E-state index contributed by atoms with van der Waals surface area (Å²) in [5, 5.41) is 10.4. The van der Waals surface area contributed by atoms with E-state index in [4.69, 9.17) is 16.6 Å². The first kappa shape index (κ1) is 14.8. The van der Waals surface area contributed by atoms with Crippen LogP contribution in [-0.4, -0.2) is 29.8 Å². The van der Waals surface area contributed by atoms with Crippen LogP contribution < -0.4 is 16.8 Å². The summed E-state index contributed by atoms with van der Waals surface area (Å²) in [7, 11) is 0. The van der Waals surface area contributed by atoms with Crippen molar-refractivity contribution in [1.82, 2.24) is 5.32 Å². The molecule has 0 aliphatic carbocycles. The van der Waals surface area contributed by atoms with Gasteiger partial charge in [-0.25, -0.2) is 15.1 Å². The third kappa shape index (κ3) is 2.54. The van der Waals surface area contributed by atoms with Gasteiger partial charge < -0.3 is 21.3 Å². The normalized spacial score (nSPS) is 23.9. The van der Waals surface area contributed by atoms with E-state index in [0.717, 1.165) is 0 Å². The number of nitrogens with zero attached hydrogens (tertiary/aromatic N) is 1. The van der Waals surface area contributed by atoms with Gasteiger partial charge in [0.05, 0.1) is 11.4 Å². The van der Waals surface area contributed by atoms with Crippen molar-refractivity contribution in [1.29, 1.82) is 0 Å². The second kappa shape index (κ2) is 4.76. The van der Waals surface area contributed by atoms with Gasteiger partial charge in [0.25, 0.3) is 6.02 Å². The van der Waals surface area contributed by atoms with Gasteiger partial charge in [-0.05, 0) is 24.6 Å². The summed E-state index contributed by atoms with van der Waals surface area (Å²) in [4.78, 5) is 14.3. The molecule has 0 spiro atoms. The Morgan fingerprint density at radius 1 is 1.43 bits per heavy atom. The molecule has 2 rings (SSSR count). The summed E-state index contributed by atoms with van der Waals surface area (Å²) < 4.78 is 33.0. The summed E-state index contributed by atoms with van der Waals surface area (Å²) in [5.41, 5.74) is 9.66. The van der Waals surface area contributed by atoms with Crippen LogP contribution in [0.1, 0.15) is 12.5 Å². The molecule has 1 aromatic rings. The average molecular weight is 300 g/mol. The van der Waals surface area contributed by atoms with Crippen molar-refractivity contribution in [2.75, 3.05) is 18.1 Å². The molecule has 114 valence electrons. The van der Waals surface area contributed by atoms with E-state index in [0.29, 0.717) is 0 Å². The third-order valence-corrected chi connectivity index (χ3v) is 3.29. The average Bonchev–Trinajstić information content (AvgIpc) is 2.37. The standard InChI is InChI=1S/C12H14F2N4O3/c1-11(6-2-3-7(15)8(16)4-6)12(13,14)5-21-9(18-11)17-10(19)20/h2-4H,5,15-16H2,1H3,(H,17,18)(H,19,20)/t11-/m1/s1. The quantitative estimate of drug-likeness (QED) is 0.583. The molecule has 1 aliphatic heterocycles. The topological polar surface area (TPSA) is 123 Å². The number of hydrogen-bond acceptors (Lipinski definition) is 5. The summed E-state index contributed by atoms with van der Waals surface area (Å²) >= 11 is 0. The monoisotopic (exact) mass is 300 g/mol. The number of amides is 1. The largest absolute Gasteiger partial charge is 0.465 e. The molecule has 0 saturated heterocycles. The first-order valence-electron chi connectivity index (χ1n) is 5.91. The molecule has 1 heterocycles. The van der Waals surface area contributed by atoms with Crippen LogP contribution in [-0.2, 0) is 10.3 Å². The number of carboxylic acid groups (broad SMARTS) is 1. The van der Waals surface area contributed by atoms with Crippen molar-refractivity contribution in [2.45, 2.75) is 18.4 Å². The fraction of sp³-hybridized carbons (Fsp3) is 0.333. The van der Waals surface area contributed by atoms with Crippen LogP contribution in [0, 0.1) is 0 Å². The second-order valence-corrected chi connectivity index (χ2v) is 4.76. The summed E-state index contributed by atoms with van der Waals surface area (Å²) in [6.45, 7) is 0.164. The lowest BCUT2D eigenvalue weighted by atomic mass is 9.85. The zero-order valence-electron chi connectivity index (χ0n) is 11.1. The van der Waals surface area contributed by atoms with Crippen molar-refractivity contribution in [2.24, 2.45) is 4.99 Å². The van der Waals surface area contributed by atoms with Crippen LogP contribution in [0.2, 0.25) is 0 Å². The van der Waals surface area contributed by atoms with Crippen molar-refractivity contribution in [3.05, 3.63) is 23.8 Å². The minimum atomic E-state index is -3.35. The minimum Gasteiger partial charge on any atom is -0.465 e. The van der Waals surface area contributed by atoms with Gasteiger partial charge in [0, 0.05) is 0 Å². The maximum absolute atomic E-state index is 14.2. The van der Waals surface area contributed by atoms with Gasteiger partial charge in [0.1, 0.15) is 0 Å². The molecular weight excluding hydrogens is 286 g/mol. The summed E-state index contributed by atoms with van der Waals surface area (Å²) in [5.74, 6) is -3.35. The first-order chi connectivity index (χ1) is 9.65. The first-order valence-corrected chi connectivity index (χ1v) is 5.91. The number of aliphatic imine (C=N–C) groups is 1. The molecule has 1 atom stereocenters.